The molecular weight excluding hydrogens is 368 g/mol. The second-order valence-electron chi connectivity index (χ2n) is 7.20. The lowest BCUT2D eigenvalue weighted by Crippen LogP contribution is -2.39. The zero-order valence-electron chi connectivity index (χ0n) is 17.1. The Kier molecular flexibility index (Phi) is 7.09. The van der Waals surface area contributed by atoms with Crippen molar-refractivity contribution < 1.29 is 4.79 Å². The van der Waals surface area contributed by atoms with E-state index in [1.807, 2.05) is 11.9 Å². The number of carbonyl (C=O) groups is 1. The van der Waals surface area contributed by atoms with Gasteiger partial charge in [0.2, 0.25) is 5.91 Å². The molecule has 1 N–H and O–H groups in total. The molecule has 2 aromatic rings. The lowest BCUT2D eigenvalue weighted by Gasteiger charge is -2.27. The minimum atomic E-state index is 0.193. The fraction of sp³-hybridized carbons (Fsp3) is 0.455. The minimum absolute atomic E-state index is 0.193. The van der Waals surface area contributed by atoms with Crippen molar-refractivity contribution in [1.29, 1.82) is 0 Å². The van der Waals surface area contributed by atoms with Gasteiger partial charge in [0, 0.05) is 44.5 Å². The fourth-order valence-electron chi connectivity index (χ4n) is 3.46. The Labute approximate surface area is 172 Å². The highest BCUT2D eigenvalue weighted by Gasteiger charge is 2.21. The van der Waals surface area contributed by atoms with Crippen molar-refractivity contribution >= 4 is 23.2 Å². The van der Waals surface area contributed by atoms with Crippen LogP contribution in [0.3, 0.4) is 0 Å². The van der Waals surface area contributed by atoms with E-state index in [4.69, 9.17) is 4.99 Å². The molecule has 1 aliphatic rings. The normalized spacial score (nSPS) is 14.0. The second-order valence-corrected chi connectivity index (χ2v) is 8.20. The minimum Gasteiger partial charge on any atom is -0.357 e. The summed E-state index contributed by atoms with van der Waals surface area (Å²) in [5.41, 5.74) is 3.87. The highest BCUT2D eigenvalue weighted by Crippen LogP contribution is 2.24. The van der Waals surface area contributed by atoms with E-state index in [-0.39, 0.29) is 5.91 Å². The zero-order valence-corrected chi connectivity index (χ0v) is 17.9. The van der Waals surface area contributed by atoms with Crippen LogP contribution >= 0.6 is 11.3 Å². The number of benzene rings is 1. The number of aryl methyl sites for hydroxylation is 1. The number of fused-ring (bicyclic) bond motifs is 1. The van der Waals surface area contributed by atoms with E-state index in [9.17, 15) is 4.79 Å². The van der Waals surface area contributed by atoms with E-state index >= 15 is 0 Å². The molecule has 0 atom stereocenters. The molecule has 0 unspecified atom stereocenters. The Morgan fingerprint density at radius 1 is 1.32 bits per heavy atom. The predicted octanol–water partition coefficient (Wildman–Crippen LogP) is 3.43. The van der Waals surface area contributed by atoms with Crippen molar-refractivity contribution in [3.63, 3.8) is 0 Å². The number of carbonyl (C=O) groups excluding carboxylic acids is 1. The lowest BCUT2D eigenvalue weighted by atomic mass is 10.1. The topological polar surface area (TPSA) is 47.9 Å². The molecular formula is C22H30N4OS. The van der Waals surface area contributed by atoms with Crippen LogP contribution in [0.15, 0.2) is 40.7 Å². The molecule has 0 saturated carbocycles. The van der Waals surface area contributed by atoms with Crippen molar-refractivity contribution in [2.24, 2.45) is 4.99 Å². The third-order valence-corrected chi connectivity index (χ3v) is 6.14. The standard InChI is InChI=1S/C22H30N4OS/c1-4-23-22(25(3)15-18-8-6-5-7-17(18)2)24-12-9-21(27)26-13-10-20-19(16-26)11-14-28-20/h5-8,11,14H,4,9-10,12-13,15-16H2,1-3H3,(H,23,24). The monoisotopic (exact) mass is 398 g/mol. The van der Waals surface area contributed by atoms with Crippen LogP contribution in [0, 0.1) is 6.92 Å². The first-order chi connectivity index (χ1) is 13.6. The largest absolute Gasteiger partial charge is 0.357 e. The SMILES string of the molecule is CCNC(=NCCC(=O)N1CCc2sccc2C1)N(C)Cc1ccccc1C. The van der Waals surface area contributed by atoms with Gasteiger partial charge in [-0.05, 0) is 48.4 Å². The van der Waals surface area contributed by atoms with Crippen molar-refractivity contribution in [3.8, 4) is 0 Å². The molecule has 28 heavy (non-hydrogen) atoms. The van der Waals surface area contributed by atoms with Crippen LogP contribution in [0.4, 0.5) is 0 Å². The molecule has 1 aliphatic heterocycles. The van der Waals surface area contributed by atoms with Gasteiger partial charge in [0.1, 0.15) is 0 Å². The summed E-state index contributed by atoms with van der Waals surface area (Å²) in [7, 11) is 2.04. The molecule has 1 amide bonds. The lowest BCUT2D eigenvalue weighted by molar-refractivity contribution is -0.131. The van der Waals surface area contributed by atoms with Gasteiger partial charge in [-0.25, -0.2) is 0 Å². The summed E-state index contributed by atoms with van der Waals surface area (Å²) in [6, 6.07) is 10.5. The van der Waals surface area contributed by atoms with E-state index in [0.717, 1.165) is 38.6 Å². The van der Waals surface area contributed by atoms with E-state index in [2.05, 4.69) is 59.8 Å². The highest BCUT2D eigenvalue weighted by atomic mass is 32.1. The molecule has 1 aromatic heterocycles. The van der Waals surface area contributed by atoms with Crippen molar-refractivity contribution in [2.45, 2.75) is 39.8 Å². The van der Waals surface area contributed by atoms with Gasteiger partial charge in [-0.3, -0.25) is 9.79 Å². The Bertz CT molecular complexity index is 829. The van der Waals surface area contributed by atoms with Gasteiger partial charge in [0.15, 0.2) is 5.96 Å². The van der Waals surface area contributed by atoms with Gasteiger partial charge in [0.05, 0.1) is 6.54 Å². The molecule has 2 heterocycles. The van der Waals surface area contributed by atoms with Crippen LogP contribution in [0.2, 0.25) is 0 Å². The first-order valence-corrected chi connectivity index (χ1v) is 10.8. The molecule has 3 rings (SSSR count). The molecule has 0 spiro atoms. The number of guanidine groups is 1. The molecule has 5 nitrogen and oxygen atoms in total. The van der Waals surface area contributed by atoms with E-state index < -0.39 is 0 Å². The van der Waals surface area contributed by atoms with Gasteiger partial charge in [-0.2, -0.15) is 0 Å². The number of nitrogens with zero attached hydrogens (tertiary/aromatic N) is 3. The van der Waals surface area contributed by atoms with Crippen LogP contribution in [-0.4, -0.2) is 48.3 Å². The maximum atomic E-state index is 12.6. The average Bonchev–Trinajstić information content (AvgIpc) is 3.16. The third kappa shape index (κ3) is 5.13. The smallest absolute Gasteiger partial charge is 0.224 e. The van der Waals surface area contributed by atoms with Crippen molar-refractivity contribution in [1.82, 2.24) is 15.1 Å². The van der Waals surface area contributed by atoms with Gasteiger partial charge in [0.25, 0.3) is 0 Å². The Balaban J connectivity index is 1.55. The zero-order chi connectivity index (χ0) is 19.9. The van der Waals surface area contributed by atoms with E-state index in [0.29, 0.717) is 13.0 Å². The van der Waals surface area contributed by atoms with Crippen LogP contribution in [0.1, 0.15) is 34.9 Å². The summed E-state index contributed by atoms with van der Waals surface area (Å²) < 4.78 is 0. The first kappa shape index (κ1) is 20.4. The van der Waals surface area contributed by atoms with Crippen LogP contribution in [0.5, 0.6) is 0 Å². The second kappa shape index (κ2) is 9.73. The maximum absolute atomic E-state index is 12.6. The Hall–Kier alpha value is -2.34. The van der Waals surface area contributed by atoms with Gasteiger partial charge in [-0.15, -0.1) is 11.3 Å². The number of hydrogen-bond acceptors (Lipinski definition) is 3. The molecule has 0 aliphatic carbocycles. The Morgan fingerprint density at radius 2 is 2.14 bits per heavy atom. The average molecular weight is 399 g/mol. The number of hydrogen-bond donors (Lipinski definition) is 1. The van der Waals surface area contributed by atoms with Gasteiger partial charge in [-0.1, -0.05) is 24.3 Å². The summed E-state index contributed by atoms with van der Waals surface area (Å²) in [6.45, 7) is 7.86. The van der Waals surface area contributed by atoms with Gasteiger partial charge < -0.3 is 15.1 Å². The van der Waals surface area contributed by atoms with Crippen LogP contribution < -0.4 is 5.32 Å². The molecule has 0 bridgehead atoms. The number of aliphatic imine (C=N–C) groups is 1. The number of rotatable bonds is 6. The fourth-order valence-corrected chi connectivity index (χ4v) is 4.35. The number of amides is 1. The molecule has 0 fully saturated rings. The summed E-state index contributed by atoms with van der Waals surface area (Å²) in [4.78, 5) is 22.8. The molecule has 0 radical (unpaired) electrons. The van der Waals surface area contributed by atoms with E-state index in [1.54, 1.807) is 11.3 Å². The first-order valence-electron chi connectivity index (χ1n) is 9.95. The van der Waals surface area contributed by atoms with Crippen LogP contribution in [-0.2, 0) is 24.3 Å². The summed E-state index contributed by atoms with van der Waals surface area (Å²) in [5, 5.41) is 5.46. The third-order valence-electron chi connectivity index (χ3n) is 5.11. The van der Waals surface area contributed by atoms with Crippen LogP contribution in [0.25, 0.3) is 0 Å². The van der Waals surface area contributed by atoms with Crippen molar-refractivity contribution in [2.75, 3.05) is 26.7 Å². The molecule has 150 valence electrons. The summed E-state index contributed by atoms with van der Waals surface area (Å²) in [6.07, 6.45) is 1.43. The molecule has 6 heteroatoms. The number of nitrogens with one attached hydrogen (secondary N) is 1. The highest BCUT2D eigenvalue weighted by molar-refractivity contribution is 7.10. The van der Waals surface area contributed by atoms with Gasteiger partial charge >= 0.3 is 0 Å². The summed E-state index contributed by atoms with van der Waals surface area (Å²) in [5.74, 6) is 1.04. The number of thiophene rings is 1. The predicted molar refractivity (Wildman–Crippen MR) is 117 cm³/mol. The Morgan fingerprint density at radius 3 is 2.93 bits per heavy atom. The van der Waals surface area contributed by atoms with E-state index in [1.165, 1.54) is 21.6 Å². The van der Waals surface area contributed by atoms with Crippen molar-refractivity contribution in [3.05, 3.63) is 57.3 Å². The molecule has 0 saturated heterocycles. The maximum Gasteiger partial charge on any atom is 0.224 e. The summed E-state index contributed by atoms with van der Waals surface area (Å²) >= 11 is 1.80. The quantitative estimate of drug-likeness (QED) is 0.599. The molecule has 1 aromatic carbocycles.